The van der Waals surface area contributed by atoms with Gasteiger partial charge in [0.2, 0.25) is 11.8 Å². The summed E-state index contributed by atoms with van der Waals surface area (Å²) in [7, 11) is 0. The van der Waals surface area contributed by atoms with Gasteiger partial charge in [0.25, 0.3) is 5.91 Å². The van der Waals surface area contributed by atoms with Gasteiger partial charge in [0, 0.05) is 6.92 Å². The van der Waals surface area contributed by atoms with Crippen molar-refractivity contribution in [2.24, 2.45) is 5.92 Å². The Labute approximate surface area is 168 Å². The first-order chi connectivity index (χ1) is 14.0. The number of aliphatic hydroxyl groups excluding tert-OH is 1. The number of carbonyl (C=O) groups excluding carboxylic acids is 3. The highest BCUT2D eigenvalue weighted by atomic mass is 16.3. The maximum absolute atomic E-state index is 13.2. The predicted octanol–water partition coefficient (Wildman–Crippen LogP) is 1.57. The minimum absolute atomic E-state index is 0.356. The van der Waals surface area contributed by atoms with E-state index in [4.69, 9.17) is 0 Å². The Balaban J connectivity index is 1.72. The molecule has 0 aliphatic carbocycles. The molecule has 1 saturated heterocycles. The lowest BCUT2D eigenvalue weighted by atomic mass is 9.90. The summed E-state index contributed by atoms with van der Waals surface area (Å²) in [6, 6.07) is 16.0. The van der Waals surface area contributed by atoms with E-state index in [0.29, 0.717) is 11.3 Å². The summed E-state index contributed by atoms with van der Waals surface area (Å²) in [5.41, 5.74) is 3.79. The quantitative estimate of drug-likeness (QED) is 0.610. The third kappa shape index (κ3) is 3.35. The Kier molecular flexibility index (Phi) is 5.00. The van der Waals surface area contributed by atoms with Crippen LogP contribution >= 0.6 is 0 Å². The highest BCUT2D eigenvalue weighted by Crippen LogP contribution is 2.36. The molecule has 2 N–H and O–H groups in total. The summed E-state index contributed by atoms with van der Waals surface area (Å²) < 4.78 is 0. The smallest absolute Gasteiger partial charge is 0.254 e. The first-order valence-corrected chi connectivity index (χ1v) is 9.39. The van der Waals surface area contributed by atoms with Crippen LogP contribution in [-0.2, 0) is 14.4 Å². The molecule has 29 heavy (non-hydrogen) atoms. The van der Waals surface area contributed by atoms with Crippen LogP contribution in [0.15, 0.2) is 72.8 Å². The molecule has 7 nitrogen and oxygen atoms in total. The molecule has 2 heterocycles. The largest absolute Gasteiger partial charge is 0.386 e. The number of hydrogen-bond donors (Lipinski definition) is 2. The summed E-state index contributed by atoms with van der Waals surface area (Å²) >= 11 is 0. The fourth-order valence-corrected chi connectivity index (χ4v) is 3.93. The van der Waals surface area contributed by atoms with E-state index in [2.05, 4.69) is 5.43 Å². The molecular weight excluding hydrogens is 370 g/mol. The number of fused-ring (bicyclic) bond motifs is 1. The van der Waals surface area contributed by atoms with Gasteiger partial charge in [-0.15, -0.1) is 0 Å². The first kappa shape index (κ1) is 19.0. The number of rotatable bonds is 4. The average molecular weight is 391 g/mol. The molecule has 2 aliphatic heterocycles. The maximum atomic E-state index is 13.2. The van der Waals surface area contributed by atoms with E-state index in [1.807, 2.05) is 6.07 Å². The van der Waals surface area contributed by atoms with Gasteiger partial charge in [-0.25, -0.2) is 4.90 Å². The van der Waals surface area contributed by atoms with E-state index in [-0.39, 0.29) is 11.8 Å². The van der Waals surface area contributed by atoms with Crippen LogP contribution in [0.1, 0.15) is 18.6 Å². The standard InChI is InChI=1S/C22H21N3O4/c1-14(26)23-25-18(20(27)15-8-4-2-5-9-15)13-12-17-19(25)22(29)24(21(17)28)16-10-6-3-7-11-16/h2-13,17-20,27H,1H3,(H,23,26)/t17-,18-,19+,20-/m1/s1. The summed E-state index contributed by atoms with van der Waals surface area (Å²) in [6.45, 7) is 1.33. The van der Waals surface area contributed by atoms with Crippen molar-refractivity contribution in [2.75, 3.05) is 4.90 Å². The number of nitrogens with zero attached hydrogens (tertiary/aromatic N) is 2. The van der Waals surface area contributed by atoms with Crippen molar-refractivity contribution in [2.45, 2.75) is 25.1 Å². The minimum Gasteiger partial charge on any atom is -0.386 e. The zero-order valence-electron chi connectivity index (χ0n) is 15.8. The zero-order valence-corrected chi connectivity index (χ0v) is 15.8. The van der Waals surface area contributed by atoms with Crippen molar-refractivity contribution in [3.8, 4) is 0 Å². The number of nitrogens with one attached hydrogen (secondary N) is 1. The molecule has 148 valence electrons. The Hall–Kier alpha value is -3.29. The zero-order chi connectivity index (χ0) is 20.5. The summed E-state index contributed by atoms with van der Waals surface area (Å²) in [5, 5.41) is 12.3. The third-order valence-electron chi connectivity index (χ3n) is 5.22. The van der Waals surface area contributed by atoms with Gasteiger partial charge in [-0.1, -0.05) is 60.7 Å². The minimum atomic E-state index is -0.992. The molecule has 0 aromatic heterocycles. The average Bonchev–Trinajstić information content (AvgIpc) is 2.99. The molecule has 4 rings (SSSR count). The number of hydrazine groups is 1. The van der Waals surface area contributed by atoms with E-state index in [9.17, 15) is 19.5 Å². The van der Waals surface area contributed by atoms with Gasteiger partial charge in [-0.05, 0) is 17.7 Å². The molecule has 0 spiro atoms. The van der Waals surface area contributed by atoms with Crippen molar-refractivity contribution in [3.63, 3.8) is 0 Å². The van der Waals surface area contributed by atoms with Crippen LogP contribution in [0.4, 0.5) is 5.69 Å². The van der Waals surface area contributed by atoms with E-state index in [1.54, 1.807) is 66.7 Å². The van der Waals surface area contributed by atoms with Crippen LogP contribution in [0.2, 0.25) is 0 Å². The molecule has 0 saturated carbocycles. The lowest BCUT2D eigenvalue weighted by molar-refractivity contribution is -0.134. The van der Waals surface area contributed by atoms with Crippen molar-refractivity contribution < 1.29 is 19.5 Å². The fourth-order valence-electron chi connectivity index (χ4n) is 3.93. The molecule has 2 aromatic carbocycles. The number of anilines is 1. The molecule has 0 unspecified atom stereocenters. The molecule has 3 amide bonds. The monoisotopic (exact) mass is 391 g/mol. The first-order valence-electron chi connectivity index (χ1n) is 9.39. The van der Waals surface area contributed by atoms with Gasteiger partial charge in [0.1, 0.15) is 6.04 Å². The normalized spacial score (nSPS) is 25.0. The van der Waals surface area contributed by atoms with Crippen molar-refractivity contribution >= 4 is 23.4 Å². The second kappa shape index (κ2) is 7.62. The number of amides is 3. The summed E-state index contributed by atoms with van der Waals surface area (Å²) in [6.07, 6.45) is 2.34. The molecule has 2 aromatic rings. The van der Waals surface area contributed by atoms with Gasteiger partial charge in [-0.3, -0.25) is 19.8 Å². The van der Waals surface area contributed by atoms with Crippen LogP contribution in [0.25, 0.3) is 0 Å². The van der Waals surface area contributed by atoms with E-state index < -0.39 is 30.0 Å². The second-order valence-electron chi connectivity index (χ2n) is 7.12. The Morgan fingerprint density at radius 1 is 0.966 bits per heavy atom. The van der Waals surface area contributed by atoms with E-state index >= 15 is 0 Å². The van der Waals surface area contributed by atoms with Crippen molar-refractivity contribution in [1.82, 2.24) is 10.4 Å². The van der Waals surface area contributed by atoms with Crippen LogP contribution in [0, 0.1) is 5.92 Å². The van der Waals surface area contributed by atoms with Crippen LogP contribution in [0.3, 0.4) is 0 Å². The number of carbonyl (C=O) groups is 3. The molecule has 0 radical (unpaired) electrons. The lowest BCUT2D eigenvalue weighted by Crippen LogP contribution is -2.60. The molecule has 2 aliphatic rings. The van der Waals surface area contributed by atoms with Crippen LogP contribution < -0.4 is 10.3 Å². The van der Waals surface area contributed by atoms with Gasteiger partial charge >= 0.3 is 0 Å². The summed E-state index contributed by atoms with van der Waals surface area (Å²) in [5.74, 6) is -1.92. The number of aliphatic hydroxyl groups is 1. The van der Waals surface area contributed by atoms with E-state index in [0.717, 1.165) is 4.90 Å². The molecule has 0 bridgehead atoms. The highest BCUT2D eigenvalue weighted by Gasteiger charge is 2.54. The molecular formula is C22H21N3O4. The van der Waals surface area contributed by atoms with Crippen molar-refractivity contribution in [1.29, 1.82) is 0 Å². The second-order valence-corrected chi connectivity index (χ2v) is 7.12. The topological polar surface area (TPSA) is 90.0 Å². The van der Waals surface area contributed by atoms with Gasteiger partial charge in [0.05, 0.1) is 23.8 Å². The van der Waals surface area contributed by atoms with Gasteiger partial charge < -0.3 is 5.11 Å². The van der Waals surface area contributed by atoms with E-state index in [1.165, 1.54) is 11.9 Å². The SMILES string of the molecule is CC(=O)NN1[C@@H]([C@H](O)c2ccccc2)C=C[C@H]2C(=O)N(c3ccccc3)C(=O)[C@H]21. The third-order valence-corrected chi connectivity index (χ3v) is 5.22. The van der Waals surface area contributed by atoms with Crippen LogP contribution in [-0.4, -0.2) is 39.9 Å². The molecule has 7 heteroatoms. The Morgan fingerprint density at radius 2 is 1.59 bits per heavy atom. The number of hydrogen-bond acceptors (Lipinski definition) is 5. The number of imide groups is 1. The van der Waals surface area contributed by atoms with Crippen molar-refractivity contribution in [3.05, 3.63) is 78.4 Å². The number of para-hydroxylation sites is 1. The molecule has 4 atom stereocenters. The lowest BCUT2D eigenvalue weighted by Gasteiger charge is -2.39. The van der Waals surface area contributed by atoms with Gasteiger partial charge in [0.15, 0.2) is 0 Å². The Morgan fingerprint density at radius 3 is 2.21 bits per heavy atom. The highest BCUT2D eigenvalue weighted by molar-refractivity contribution is 6.24. The number of benzene rings is 2. The van der Waals surface area contributed by atoms with Gasteiger partial charge in [-0.2, -0.15) is 5.01 Å². The Bertz CT molecular complexity index is 961. The molecule has 1 fully saturated rings. The fraction of sp³-hybridized carbons (Fsp3) is 0.227. The predicted molar refractivity (Wildman–Crippen MR) is 106 cm³/mol. The van der Waals surface area contributed by atoms with Crippen LogP contribution in [0.5, 0.6) is 0 Å². The maximum Gasteiger partial charge on any atom is 0.254 e. The summed E-state index contributed by atoms with van der Waals surface area (Å²) in [4.78, 5) is 39.2.